The van der Waals surface area contributed by atoms with Crippen LogP contribution in [0.5, 0.6) is 0 Å². The first-order valence-corrected chi connectivity index (χ1v) is 4.11. The van der Waals surface area contributed by atoms with E-state index in [0.29, 0.717) is 5.92 Å². The first kappa shape index (κ1) is 10.5. The molecule has 0 aliphatic carbocycles. The highest BCUT2D eigenvalue weighted by Gasteiger charge is 1.92. The highest BCUT2D eigenvalue weighted by atomic mass is 14.0. The van der Waals surface area contributed by atoms with Crippen molar-refractivity contribution in [3.8, 4) is 0 Å². The maximum Gasteiger partial charge on any atom is -0.0225 e. The third-order valence-electron chi connectivity index (χ3n) is 1.41. The maximum absolute atomic E-state index is 3.83. The van der Waals surface area contributed by atoms with Crippen molar-refractivity contribution in [3.05, 3.63) is 37.6 Å². The topological polar surface area (TPSA) is 0 Å². The summed E-state index contributed by atoms with van der Waals surface area (Å²) in [6.45, 7) is 11.8. The van der Waals surface area contributed by atoms with Gasteiger partial charge in [-0.3, -0.25) is 0 Å². The summed E-state index contributed by atoms with van der Waals surface area (Å²) in [5, 5.41) is 0. The summed E-state index contributed by atoms with van der Waals surface area (Å²) in [5.74, 6) is 0.607. The van der Waals surface area contributed by atoms with E-state index in [1.807, 2.05) is 6.92 Å². The molecule has 0 heterocycles. The van der Waals surface area contributed by atoms with Crippen molar-refractivity contribution in [3.63, 3.8) is 0 Å². The predicted octanol–water partition coefficient (Wildman–Crippen LogP) is 3.57. The summed E-state index contributed by atoms with van der Waals surface area (Å²) in [7, 11) is 0. The van der Waals surface area contributed by atoms with Gasteiger partial charge in [0.25, 0.3) is 0 Å². The Labute approximate surface area is 71.0 Å². The number of hydrogen-bond donors (Lipinski definition) is 0. The molecule has 1 unspecified atom stereocenters. The molecule has 62 valence electrons. The molecule has 0 rings (SSSR count). The Morgan fingerprint density at radius 2 is 2.09 bits per heavy atom. The molecule has 0 N–H and O–H groups in total. The SMILES string of the molecule is [CH2]CC=CCC(C)C=C([CH2])C. The minimum atomic E-state index is 0.607. The normalized spacial score (nSPS) is 15.8. The van der Waals surface area contributed by atoms with Gasteiger partial charge < -0.3 is 0 Å². The van der Waals surface area contributed by atoms with Crippen molar-refractivity contribution in [1.29, 1.82) is 0 Å². The fraction of sp³-hybridized carbons (Fsp3) is 0.455. The Morgan fingerprint density at radius 3 is 2.55 bits per heavy atom. The highest BCUT2D eigenvalue weighted by Crippen LogP contribution is 2.07. The molecule has 0 aromatic heterocycles. The smallest absolute Gasteiger partial charge is 0.0225 e. The summed E-state index contributed by atoms with van der Waals surface area (Å²) in [5.41, 5.74) is 1.15. The lowest BCUT2D eigenvalue weighted by molar-refractivity contribution is 0.738. The zero-order chi connectivity index (χ0) is 8.69. The third kappa shape index (κ3) is 7.38. The minimum absolute atomic E-state index is 0.607. The van der Waals surface area contributed by atoms with Gasteiger partial charge in [-0.05, 0) is 39.5 Å². The second-order valence-corrected chi connectivity index (χ2v) is 2.99. The second-order valence-electron chi connectivity index (χ2n) is 2.99. The quantitative estimate of drug-likeness (QED) is 0.537. The molecule has 11 heavy (non-hydrogen) atoms. The van der Waals surface area contributed by atoms with E-state index in [2.05, 4.69) is 39.0 Å². The molecule has 0 saturated heterocycles. The lowest BCUT2D eigenvalue weighted by Gasteiger charge is -2.01. The molecule has 0 fully saturated rings. The molecule has 0 heteroatoms. The average Bonchev–Trinajstić information content (AvgIpc) is 1.86. The molecule has 0 aliphatic heterocycles. The van der Waals surface area contributed by atoms with Crippen LogP contribution in [0.2, 0.25) is 0 Å². The van der Waals surface area contributed by atoms with E-state index >= 15 is 0 Å². The van der Waals surface area contributed by atoms with Crippen LogP contribution in [0.25, 0.3) is 0 Å². The van der Waals surface area contributed by atoms with E-state index in [0.717, 1.165) is 18.4 Å². The van der Waals surface area contributed by atoms with E-state index in [9.17, 15) is 0 Å². The first-order chi connectivity index (χ1) is 5.16. The fourth-order valence-corrected chi connectivity index (χ4v) is 0.982. The molecule has 0 spiro atoms. The first-order valence-electron chi connectivity index (χ1n) is 4.11. The maximum atomic E-state index is 3.83. The van der Waals surface area contributed by atoms with Crippen LogP contribution in [0.1, 0.15) is 26.7 Å². The molecule has 0 aromatic carbocycles. The molecule has 0 nitrogen and oxygen atoms in total. The van der Waals surface area contributed by atoms with Crippen molar-refractivity contribution >= 4 is 0 Å². The fourth-order valence-electron chi connectivity index (χ4n) is 0.982. The summed E-state index contributed by atoms with van der Waals surface area (Å²) in [6.07, 6.45) is 8.45. The van der Waals surface area contributed by atoms with E-state index in [1.54, 1.807) is 0 Å². The van der Waals surface area contributed by atoms with Gasteiger partial charge >= 0.3 is 0 Å². The second kappa shape index (κ2) is 6.21. The van der Waals surface area contributed by atoms with Gasteiger partial charge in [0.2, 0.25) is 0 Å². The van der Waals surface area contributed by atoms with Crippen LogP contribution in [0.4, 0.5) is 0 Å². The Kier molecular flexibility index (Phi) is 5.91. The highest BCUT2D eigenvalue weighted by molar-refractivity contribution is 5.04. The zero-order valence-electron chi connectivity index (χ0n) is 7.64. The lowest BCUT2D eigenvalue weighted by Crippen LogP contribution is -1.86. The van der Waals surface area contributed by atoms with Gasteiger partial charge in [0.15, 0.2) is 0 Å². The monoisotopic (exact) mass is 150 g/mol. The molecule has 2 radical (unpaired) electrons. The van der Waals surface area contributed by atoms with Crippen LogP contribution in [-0.4, -0.2) is 0 Å². The molecule has 0 bridgehead atoms. The van der Waals surface area contributed by atoms with Crippen LogP contribution in [0, 0.1) is 19.8 Å². The molecular weight excluding hydrogens is 132 g/mol. The summed E-state index contributed by atoms with van der Waals surface area (Å²) in [4.78, 5) is 0. The van der Waals surface area contributed by atoms with Crippen LogP contribution in [0.15, 0.2) is 23.8 Å². The third-order valence-corrected chi connectivity index (χ3v) is 1.41. The van der Waals surface area contributed by atoms with Crippen LogP contribution >= 0.6 is 0 Å². The lowest BCUT2D eigenvalue weighted by atomic mass is 10.0. The summed E-state index contributed by atoms with van der Waals surface area (Å²) in [6, 6.07) is 0. The molecule has 0 amide bonds. The van der Waals surface area contributed by atoms with E-state index in [4.69, 9.17) is 0 Å². The van der Waals surface area contributed by atoms with Gasteiger partial charge in [0.05, 0.1) is 0 Å². The molecule has 0 aliphatic rings. The molecular formula is C11H18. The predicted molar refractivity (Wildman–Crippen MR) is 52.0 cm³/mol. The van der Waals surface area contributed by atoms with Crippen molar-refractivity contribution in [2.75, 3.05) is 0 Å². The van der Waals surface area contributed by atoms with Gasteiger partial charge in [-0.25, -0.2) is 0 Å². The van der Waals surface area contributed by atoms with Gasteiger partial charge in [-0.1, -0.05) is 30.7 Å². The van der Waals surface area contributed by atoms with Gasteiger partial charge in [0, 0.05) is 0 Å². The molecule has 0 saturated carbocycles. The summed E-state index contributed by atoms with van der Waals surface area (Å²) >= 11 is 0. The molecule has 1 atom stereocenters. The van der Waals surface area contributed by atoms with Gasteiger partial charge in [-0.15, -0.1) is 0 Å². The van der Waals surface area contributed by atoms with E-state index < -0.39 is 0 Å². The van der Waals surface area contributed by atoms with Crippen LogP contribution < -0.4 is 0 Å². The van der Waals surface area contributed by atoms with Crippen LogP contribution in [-0.2, 0) is 0 Å². The zero-order valence-corrected chi connectivity index (χ0v) is 7.64. The molecule has 0 aromatic rings. The van der Waals surface area contributed by atoms with Crippen molar-refractivity contribution < 1.29 is 0 Å². The standard InChI is InChI=1S/C11H18/c1-5-6-7-8-11(4)9-10(2)3/h6-7,9,11H,1-2,5,8H2,3-4H3. The van der Waals surface area contributed by atoms with E-state index in [1.165, 1.54) is 0 Å². The van der Waals surface area contributed by atoms with Crippen molar-refractivity contribution in [2.45, 2.75) is 26.7 Å². The number of rotatable bonds is 4. The Morgan fingerprint density at radius 1 is 1.45 bits per heavy atom. The Balaban J connectivity index is 3.61. The minimum Gasteiger partial charge on any atom is -0.0885 e. The van der Waals surface area contributed by atoms with Gasteiger partial charge in [-0.2, -0.15) is 0 Å². The van der Waals surface area contributed by atoms with Crippen molar-refractivity contribution in [1.82, 2.24) is 0 Å². The van der Waals surface area contributed by atoms with Gasteiger partial charge in [0.1, 0.15) is 0 Å². The number of allylic oxidation sites excluding steroid dienone is 4. The van der Waals surface area contributed by atoms with Crippen molar-refractivity contribution in [2.24, 2.45) is 5.92 Å². The summed E-state index contributed by atoms with van der Waals surface area (Å²) < 4.78 is 0. The number of hydrogen-bond acceptors (Lipinski definition) is 0. The van der Waals surface area contributed by atoms with Crippen LogP contribution in [0.3, 0.4) is 0 Å². The Hall–Kier alpha value is -0.520. The van der Waals surface area contributed by atoms with E-state index in [-0.39, 0.29) is 0 Å². The average molecular weight is 150 g/mol. The Bertz CT molecular complexity index is 136. The largest absolute Gasteiger partial charge is 0.0885 e.